The first kappa shape index (κ1) is 10.8. The molecule has 0 saturated carbocycles. The smallest absolute Gasteiger partial charge is 0.142 e. The van der Waals surface area contributed by atoms with Crippen LogP contribution in [0.2, 0.25) is 0 Å². The van der Waals surface area contributed by atoms with Crippen LogP contribution in [0.5, 0.6) is 5.75 Å². The van der Waals surface area contributed by atoms with Gasteiger partial charge < -0.3 is 10.5 Å². The lowest BCUT2D eigenvalue weighted by Crippen LogP contribution is -1.92. The number of methoxy groups -OCH3 is 1. The Morgan fingerprint density at radius 1 is 1.31 bits per heavy atom. The lowest BCUT2D eigenvalue weighted by Gasteiger charge is -2.06. The molecule has 1 aromatic heterocycles. The summed E-state index contributed by atoms with van der Waals surface area (Å²) in [5, 5.41) is 0.891. The maximum absolute atomic E-state index is 5.73. The van der Waals surface area contributed by atoms with Crippen molar-refractivity contribution in [3.63, 3.8) is 0 Å². The number of aromatic nitrogens is 2. The molecule has 16 heavy (non-hydrogen) atoms. The molecule has 0 unspecified atom stereocenters. The van der Waals surface area contributed by atoms with Crippen LogP contribution in [0, 0.1) is 0 Å². The van der Waals surface area contributed by atoms with Gasteiger partial charge in [0.1, 0.15) is 17.1 Å². The number of rotatable bonds is 3. The highest BCUT2D eigenvalue weighted by molar-refractivity contribution is 7.99. The van der Waals surface area contributed by atoms with Gasteiger partial charge in [-0.2, -0.15) is 0 Å². The first-order chi connectivity index (χ1) is 7.79. The van der Waals surface area contributed by atoms with Gasteiger partial charge in [0.05, 0.1) is 12.8 Å². The standard InChI is InChI=1S/C11H11N3OS/c1-15-10-6-8(2-3-9(10)12)16-11-4-5-13-7-14-11/h2-7H,12H2,1H3. The topological polar surface area (TPSA) is 61.0 Å². The molecule has 1 heterocycles. The molecule has 0 bridgehead atoms. The van der Waals surface area contributed by atoms with Gasteiger partial charge >= 0.3 is 0 Å². The summed E-state index contributed by atoms with van der Waals surface area (Å²) in [6.45, 7) is 0. The van der Waals surface area contributed by atoms with E-state index >= 15 is 0 Å². The minimum atomic E-state index is 0.634. The quantitative estimate of drug-likeness (QED) is 0.650. The normalized spacial score (nSPS) is 10.1. The van der Waals surface area contributed by atoms with Gasteiger partial charge in [-0.15, -0.1) is 0 Å². The maximum Gasteiger partial charge on any atom is 0.142 e. The predicted octanol–water partition coefficient (Wildman–Crippen LogP) is 2.22. The minimum absolute atomic E-state index is 0.634. The molecule has 0 fully saturated rings. The number of benzene rings is 1. The molecule has 0 atom stereocenters. The fourth-order valence-corrected chi connectivity index (χ4v) is 1.99. The van der Waals surface area contributed by atoms with Crippen molar-refractivity contribution in [3.05, 3.63) is 36.8 Å². The highest BCUT2D eigenvalue weighted by Gasteiger charge is 2.03. The number of hydrogen-bond donors (Lipinski definition) is 1. The van der Waals surface area contributed by atoms with Gasteiger partial charge in [-0.1, -0.05) is 11.8 Å². The Kier molecular flexibility index (Phi) is 3.26. The number of nitrogens with two attached hydrogens (primary N) is 1. The lowest BCUT2D eigenvalue weighted by molar-refractivity contribution is 0.416. The van der Waals surface area contributed by atoms with E-state index in [2.05, 4.69) is 9.97 Å². The second-order valence-corrected chi connectivity index (χ2v) is 4.15. The zero-order valence-electron chi connectivity index (χ0n) is 8.75. The van der Waals surface area contributed by atoms with E-state index in [9.17, 15) is 0 Å². The zero-order chi connectivity index (χ0) is 11.4. The molecule has 1 aromatic carbocycles. The molecule has 2 rings (SSSR count). The number of anilines is 1. The molecule has 82 valence electrons. The van der Waals surface area contributed by atoms with E-state index in [1.807, 2.05) is 24.3 Å². The second kappa shape index (κ2) is 4.85. The van der Waals surface area contributed by atoms with Crippen LogP contribution in [-0.2, 0) is 0 Å². The Morgan fingerprint density at radius 3 is 2.88 bits per heavy atom. The number of ether oxygens (including phenoxy) is 1. The number of nitrogen functional groups attached to an aromatic ring is 1. The number of nitrogens with zero attached hydrogens (tertiary/aromatic N) is 2. The van der Waals surface area contributed by atoms with Crippen molar-refractivity contribution in [3.8, 4) is 5.75 Å². The molecular weight excluding hydrogens is 222 g/mol. The highest BCUT2D eigenvalue weighted by atomic mass is 32.2. The highest BCUT2D eigenvalue weighted by Crippen LogP contribution is 2.31. The molecule has 0 aliphatic heterocycles. The molecule has 0 amide bonds. The maximum atomic E-state index is 5.73. The molecule has 2 aromatic rings. The van der Waals surface area contributed by atoms with Crippen LogP contribution in [0.15, 0.2) is 46.7 Å². The van der Waals surface area contributed by atoms with E-state index < -0.39 is 0 Å². The Balaban J connectivity index is 2.22. The first-order valence-corrected chi connectivity index (χ1v) is 5.48. The van der Waals surface area contributed by atoms with Crippen molar-refractivity contribution in [2.75, 3.05) is 12.8 Å². The molecule has 0 radical (unpaired) electrons. The van der Waals surface area contributed by atoms with Crippen molar-refractivity contribution in [1.82, 2.24) is 9.97 Å². The Bertz CT molecular complexity index is 476. The molecule has 0 aliphatic rings. The summed E-state index contributed by atoms with van der Waals surface area (Å²) in [6.07, 6.45) is 3.24. The SMILES string of the molecule is COc1cc(Sc2ccncn2)ccc1N. The summed E-state index contributed by atoms with van der Waals surface area (Å²) in [7, 11) is 1.60. The largest absolute Gasteiger partial charge is 0.495 e. The Hall–Kier alpha value is -1.75. The van der Waals surface area contributed by atoms with Crippen LogP contribution in [0.3, 0.4) is 0 Å². The van der Waals surface area contributed by atoms with Crippen molar-refractivity contribution in [2.45, 2.75) is 9.92 Å². The van der Waals surface area contributed by atoms with Crippen LogP contribution in [-0.4, -0.2) is 17.1 Å². The van der Waals surface area contributed by atoms with Gasteiger partial charge in [-0.05, 0) is 24.3 Å². The molecule has 0 aliphatic carbocycles. The summed E-state index contributed by atoms with van der Waals surface area (Å²) < 4.78 is 5.15. The summed E-state index contributed by atoms with van der Waals surface area (Å²) in [5.74, 6) is 0.680. The van der Waals surface area contributed by atoms with E-state index in [0.717, 1.165) is 9.92 Å². The monoisotopic (exact) mass is 233 g/mol. The van der Waals surface area contributed by atoms with E-state index in [1.165, 1.54) is 18.1 Å². The predicted molar refractivity (Wildman–Crippen MR) is 63.6 cm³/mol. The Morgan fingerprint density at radius 2 is 2.19 bits per heavy atom. The van der Waals surface area contributed by atoms with Crippen molar-refractivity contribution in [1.29, 1.82) is 0 Å². The minimum Gasteiger partial charge on any atom is -0.495 e. The number of hydrogen-bond acceptors (Lipinski definition) is 5. The van der Waals surface area contributed by atoms with E-state index in [1.54, 1.807) is 13.3 Å². The third kappa shape index (κ3) is 2.43. The molecule has 4 nitrogen and oxygen atoms in total. The fourth-order valence-electron chi connectivity index (χ4n) is 1.21. The van der Waals surface area contributed by atoms with Crippen LogP contribution in [0.25, 0.3) is 0 Å². The summed E-state index contributed by atoms with van der Waals surface area (Å²) >= 11 is 1.54. The molecule has 5 heteroatoms. The van der Waals surface area contributed by atoms with Gasteiger partial charge in [0.25, 0.3) is 0 Å². The van der Waals surface area contributed by atoms with E-state index in [4.69, 9.17) is 10.5 Å². The average Bonchev–Trinajstić information content (AvgIpc) is 2.33. The second-order valence-electron chi connectivity index (χ2n) is 3.05. The molecule has 0 spiro atoms. The van der Waals surface area contributed by atoms with E-state index in [0.29, 0.717) is 11.4 Å². The van der Waals surface area contributed by atoms with Gasteiger partial charge in [0.15, 0.2) is 0 Å². The van der Waals surface area contributed by atoms with Crippen LogP contribution < -0.4 is 10.5 Å². The van der Waals surface area contributed by atoms with Crippen LogP contribution >= 0.6 is 11.8 Å². The van der Waals surface area contributed by atoms with Gasteiger partial charge in [-0.25, -0.2) is 9.97 Å². The first-order valence-electron chi connectivity index (χ1n) is 4.67. The average molecular weight is 233 g/mol. The molecular formula is C11H11N3OS. The Labute approximate surface area is 97.9 Å². The summed E-state index contributed by atoms with van der Waals surface area (Å²) in [6, 6.07) is 7.50. The lowest BCUT2D eigenvalue weighted by atomic mass is 10.3. The van der Waals surface area contributed by atoms with Crippen molar-refractivity contribution < 1.29 is 4.74 Å². The fraction of sp³-hybridized carbons (Fsp3) is 0.0909. The van der Waals surface area contributed by atoms with Gasteiger partial charge in [0.2, 0.25) is 0 Å². The van der Waals surface area contributed by atoms with Crippen molar-refractivity contribution in [2.24, 2.45) is 0 Å². The molecule has 2 N–H and O–H groups in total. The third-order valence-corrected chi connectivity index (χ3v) is 2.92. The van der Waals surface area contributed by atoms with Crippen LogP contribution in [0.1, 0.15) is 0 Å². The van der Waals surface area contributed by atoms with Gasteiger partial charge in [0, 0.05) is 11.1 Å². The summed E-state index contributed by atoms with van der Waals surface area (Å²) in [5.41, 5.74) is 6.37. The van der Waals surface area contributed by atoms with E-state index in [-0.39, 0.29) is 0 Å². The van der Waals surface area contributed by atoms with Gasteiger partial charge in [-0.3, -0.25) is 0 Å². The van der Waals surface area contributed by atoms with Crippen LogP contribution in [0.4, 0.5) is 5.69 Å². The zero-order valence-corrected chi connectivity index (χ0v) is 9.57. The third-order valence-electron chi connectivity index (χ3n) is 1.98. The molecule has 0 saturated heterocycles. The van der Waals surface area contributed by atoms with Crippen molar-refractivity contribution >= 4 is 17.4 Å². The summed E-state index contributed by atoms with van der Waals surface area (Å²) in [4.78, 5) is 9.03.